The van der Waals surface area contributed by atoms with E-state index in [0.717, 1.165) is 39.8 Å². The quantitative estimate of drug-likeness (QED) is 0.122. The van der Waals surface area contributed by atoms with Crippen LogP contribution in [0.5, 0.6) is 0 Å². The van der Waals surface area contributed by atoms with E-state index in [1.54, 1.807) is 0 Å². The molecule has 0 N–H and O–H groups in total. The predicted molar refractivity (Wildman–Crippen MR) is 281 cm³/mol. The summed E-state index contributed by atoms with van der Waals surface area (Å²) in [4.78, 5) is 0. The molecule has 2 aliphatic carbocycles. The van der Waals surface area contributed by atoms with Gasteiger partial charge in [0.25, 0.3) is 0 Å². The van der Waals surface area contributed by atoms with Gasteiger partial charge in [0.05, 0.1) is 0 Å². The van der Waals surface area contributed by atoms with E-state index in [1.807, 2.05) is 24.3 Å². The van der Waals surface area contributed by atoms with Crippen molar-refractivity contribution >= 4 is 43.1 Å². The fourth-order valence-corrected chi connectivity index (χ4v) is 12.0. The molecule has 0 nitrogen and oxygen atoms in total. The molecular weight excluding hydrogens is 805 g/mol. The molecule has 0 aromatic heterocycles. The van der Waals surface area contributed by atoms with Crippen LogP contribution < -0.4 is 0 Å². The van der Waals surface area contributed by atoms with Crippen LogP contribution in [0.3, 0.4) is 0 Å². The number of hydrogen-bond donors (Lipinski definition) is 0. The van der Waals surface area contributed by atoms with Crippen molar-refractivity contribution in [2.75, 3.05) is 0 Å². The number of fused-ring (bicyclic) bond motifs is 9. The van der Waals surface area contributed by atoms with Crippen LogP contribution >= 0.6 is 0 Å². The highest BCUT2D eigenvalue weighted by Gasteiger charge is 2.43. The Morgan fingerprint density at radius 2 is 1.00 bits per heavy atom. The molecule has 0 aliphatic heterocycles. The van der Waals surface area contributed by atoms with Crippen molar-refractivity contribution in [1.29, 1.82) is 0 Å². The van der Waals surface area contributed by atoms with E-state index >= 15 is 0 Å². The first-order valence-electron chi connectivity index (χ1n) is 22.7. The molecule has 0 spiro atoms. The summed E-state index contributed by atoms with van der Waals surface area (Å²) < 4.78 is 0. The maximum atomic E-state index is 6.28. The van der Waals surface area contributed by atoms with Crippen LogP contribution in [-0.4, -0.2) is 0 Å². The van der Waals surface area contributed by atoms with Crippen LogP contribution in [0, 0.1) is 49.4 Å². The van der Waals surface area contributed by atoms with Crippen LogP contribution in [0.25, 0.3) is 98.7 Å². The summed E-state index contributed by atoms with van der Waals surface area (Å²) in [6.45, 7) is 2.42. The molecule has 0 saturated heterocycles. The summed E-state index contributed by atoms with van der Waals surface area (Å²) in [5, 5.41) is 10.4. The van der Waals surface area contributed by atoms with Gasteiger partial charge in [0.15, 0.2) is 0 Å². The Morgan fingerprint density at radius 3 is 1.72 bits per heavy atom. The number of benzene rings is 11. The van der Waals surface area contributed by atoms with Gasteiger partial charge in [0.1, 0.15) is 0 Å². The molecule has 13 rings (SSSR count). The van der Waals surface area contributed by atoms with Crippen LogP contribution in [0.15, 0.2) is 176 Å². The first kappa shape index (κ1) is 38.4. The summed E-state index contributed by atoms with van der Waals surface area (Å²) in [5.74, 6) is 11.6. The smallest absolute Gasteiger partial charge is 0.0477 e. The lowest BCUT2D eigenvalue weighted by molar-refractivity contribution is 0.715. The standard InChI is InChI=1S/C67H38/c1-6-40-18-14-25-53(50(40)8-3)55-27-16-28-56(54-26-15-19-41(7-2)51(54)9-4)63(55)45-22-13-23-49(37-45)67(5)60-34-32-42-17-10-11-24-52(42)66(60)59-38-47-36-48-35-46-30-29-43-20-12-21-44-31-33-57(65(46)62(43)44)64(48)58(47)39-61(59)67/h1-4,10-35,37-39H,36H2,5H3. The summed E-state index contributed by atoms with van der Waals surface area (Å²) >= 11 is 0. The second-order valence-electron chi connectivity index (χ2n) is 18.2. The summed E-state index contributed by atoms with van der Waals surface area (Å²) in [6.07, 6.45) is 25.6. The third-order valence-corrected chi connectivity index (χ3v) is 15.0. The summed E-state index contributed by atoms with van der Waals surface area (Å²) in [7, 11) is 0. The first-order valence-corrected chi connectivity index (χ1v) is 22.7. The van der Waals surface area contributed by atoms with E-state index in [4.69, 9.17) is 25.7 Å². The molecule has 1 atom stereocenters. The molecule has 67 heavy (non-hydrogen) atoms. The Balaban J connectivity index is 1.09. The van der Waals surface area contributed by atoms with Gasteiger partial charge in [-0.3, -0.25) is 0 Å². The molecule has 11 aromatic carbocycles. The van der Waals surface area contributed by atoms with Crippen molar-refractivity contribution in [3.8, 4) is 105 Å². The Kier molecular flexibility index (Phi) is 8.16. The van der Waals surface area contributed by atoms with Crippen LogP contribution in [0.4, 0.5) is 0 Å². The third-order valence-electron chi connectivity index (χ3n) is 15.0. The Hall–Kier alpha value is -9.04. The Morgan fingerprint density at radius 1 is 0.388 bits per heavy atom. The topological polar surface area (TPSA) is 0 Å². The summed E-state index contributed by atoms with van der Waals surface area (Å²) in [5.41, 5.74) is 19.6. The van der Waals surface area contributed by atoms with Crippen LogP contribution in [0.1, 0.15) is 57.0 Å². The highest BCUT2D eigenvalue weighted by molar-refractivity contribution is 6.26. The largest absolute Gasteiger partial charge is 0.115 e. The SMILES string of the molecule is C#Cc1cccc(-c2cccc(-c3cccc(C#C)c3C#C)c2-c2cccc(C3(C)c4cc5c(cc4-c4c3ccc3ccccc43)Cc3cc4ccc6cccc7ccc(c3-5)c4c67)c2)c1C#C. The van der Waals surface area contributed by atoms with Crippen molar-refractivity contribution < 1.29 is 0 Å². The van der Waals surface area contributed by atoms with E-state index in [-0.39, 0.29) is 0 Å². The lowest BCUT2D eigenvalue weighted by Crippen LogP contribution is -2.22. The van der Waals surface area contributed by atoms with Crippen molar-refractivity contribution in [1.82, 2.24) is 0 Å². The molecule has 0 saturated carbocycles. The second kappa shape index (κ2) is 14.2. The fraction of sp³-hybridized carbons (Fsp3) is 0.0448. The van der Waals surface area contributed by atoms with Crippen molar-refractivity contribution in [2.45, 2.75) is 18.8 Å². The van der Waals surface area contributed by atoms with Gasteiger partial charge in [-0.05, 0) is 170 Å². The average molecular weight is 843 g/mol. The minimum atomic E-state index is -0.540. The Bertz CT molecular complexity index is 4070. The van der Waals surface area contributed by atoms with Gasteiger partial charge in [-0.2, -0.15) is 0 Å². The molecule has 306 valence electrons. The lowest BCUT2D eigenvalue weighted by Gasteiger charge is -2.30. The zero-order chi connectivity index (χ0) is 45.1. The zero-order valence-electron chi connectivity index (χ0n) is 36.8. The van der Waals surface area contributed by atoms with Gasteiger partial charge in [-0.25, -0.2) is 0 Å². The number of rotatable bonds is 4. The molecular formula is C67H38. The highest BCUT2D eigenvalue weighted by atomic mass is 14.5. The maximum absolute atomic E-state index is 6.28. The van der Waals surface area contributed by atoms with Gasteiger partial charge in [-0.15, -0.1) is 25.7 Å². The predicted octanol–water partition coefficient (Wildman–Crippen LogP) is 15.6. The fourth-order valence-electron chi connectivity index (χ4n) is 12.0. The van der Waals surface area contributed by atoms with E-state index < -0.39 is 5.41 Å². The molecule has 1 unspecified atom stereocenters. The molecule has 11 aromatic rings. The molecule has 2 aliphatic rings. The second-order valence-corrected chi connectivity index (χ2v) is 18.2. The molecule has 0 bridgehead atoms. The highest BCUT2D eigenvalue weighted by Crippen LogP contribution is 2.58. The van der Waals surface area contributed by atoms with E-state index in [0.29, 0.717) is 22.3 Å². The van der Waals surface area contributed by atoms with Crippen LogP contribution in [0.2, 0.25) is 0 Å². The van der Waals surface area contributed by atoms with Gasteiger partial charge in [0.2, 0.25) is 0 Å². The van der Waals surface area contributed by atoms with Crippen molar-refractivity contribution in [2.24, 2.45) is 0 Å². The third kappa shape index (κ3) is 5.25. The van der Waals surface area contributed by atoms with Crippen LogP contribution in [-0.2, 0) is 11.8 Å². The van der Waals surface area contributed by atoms with Gasteiger partial charge in [-0.1, -0.05) is 169 Å². The molecule has 0 radical (unpaired) electrons. The van der Waals surface area contributed by atoms with Crippen molar-refractivity contribution in [3.05, 3.63) is 226 Å². The minimum absolute atomic E-state index is 0.540. The van der Waals surface area contributed by atoms with Gasteiger partial charge < -0.3 is 0 Å². The number of terminal acetylenes is 4. The maximum Gasteiger partial charge on any atom is 0.0477 e. The monoisotopic (exact) mass is 842 g/mol. The van der Waals surface area contributed by atoms with Crippen molar-refractivity contribution in [3.63, 3.8) is 0 Å². The molecule has 0 heteroatoms. The zero-order valence-corrected chi connectivity index (χ0v) is 36.8. The minimum Gasteiger partial charge on any atom is -0.115 e. The average Bonchev–Trinajstić information content (AvgIpc) is 3.87. The molecule has 0 heterocycles. The molecule has 0 fully saturated rings. The van der Waals surface area contributed by atoms with Gasteiger partial charge in [0, 0.05) is 27.7 Å². The van der Waals surface area contributed by atoms with E-state index in [2.05, 4.69) is 182 Å². The number of hydrogen-bond acceptors (Lipinski definition) is 0. The van der Waals surface area contributed by atoms with E-state index in [9.17, 15) is 0 Å². The lowest BCUT2D eigenvalue weighted by atomic mass is 9.72. The molecule has 0 amide bonds. The normalized spacial score (nSPS) is 14.3. The Labute approximate surface area is 390 Å². The van der Waals surface area contributed by atoms with E-state index in [1.165, 1.54) is 93.2 Å². The van der Waals surface area contributed by atoms with Gasteiger partial charge >= 0.3 is 0 Å². The first-order chi connectivity index (χ1) is 32.9. The summed E-state index contributed by atoms with van der Waals surface area (Å²) in [6, 6.07) is 64.2.